The average Bonchev–Trinajstić information content (AvgIpc) is 3.21. The van der Waals surface area contributed by atoms with Crippen LogP contribution in [0.3, 0.4) is 0 Å². The lowest BCUT2D eigenvalue weighted by molar-refractivity contribution is -0.149. The molecule has 0 aliphatic carbocycles. The van der Waals surface area contributed by atoms with Gasteiger partial charge in [-0.25, -0.2) is 19.0 Å². The van der Waals surface area contributed by atoms with Crippen LogP contribution >= 0.6 is 11.6 Å². The SMILES string of the molecule is COC(=O)C[C@H](NC(=O)N1CCc2[nH]cnc2[C@@H]1c1ccc(Cl)cc1F)C(=O)OC. The Hall–Kier alpha value is -3.14. The zero-order valence-corrected chi connectivity index (χ0v) is 17.0. The number of esters is 2. The molecular weight excluding hydrogens is 419 g/mol. The third kappa shape index (κ3) is 4.38. The Balaban J connectivity index is 1.93. The van der Waals surface area contributed by atoms with E-state index in [1.54, 1.807) is 0 Å². The molecule has 2 atom stereocenters. The van der Waals surface area contributed by atoms with Gasteiger partial charge in [-0.1, -0.05) is 17.7 Å². The average molecular weight is 439 g/mol. The summed E-state index contributed by atoms with van der Waals surface area (Å²) in [5, 5.41) is 2.70. The quantitative estimate of drug-likeness (QED) is 0.690. The normalized spacial score (nSPS) is 16.4. The molecular formula is C19H20ClFN4O5. The molecule has 0 spiro atoms. The fraction of sp³-hybridized carbons (Fsp3) is 0.368. The number of carbonyl (C=O) groups is 3. The molecule has 2 N–H and O–H groups in total. The summed E-state index contributed by atoms with van der Waals surface area (Å²) in [5.74, 6) is -2.10. The number of fused-ring (bicyclic) bond motifs is 1. The van der Waals surface area contributed by atoms with Gasteiger partial charge in [-0.2, -0.15) is 0 Å². The lowest BCUT2D eigenvalue weighted by Gasteiger charge is -2.36. The van der Waals surface area contributed by atoms with Crippen molar-refractivity contribution in [1.82, 2.24) is 20.2 Å². The minimum Gasteiger partial charge on any atom is -0.469 e. The molecule has 2 aromatic rings. The van der Waals surface area contributed by atoms with E-state index >= 15 is 0 Å². The summed E-state index contributed by atoms with van der Waals surface area (Å²) in [6.07, 6.45) is 1.52. The molecule has 1 aliphatic heterocycles. The molecule has 160 valence electrons. The highest BCUT2D eigenvalue weighted by Gasteiger charge is 2.37. The van der Waals surface area contributed by atoms with Crippen LogP contribution in [0.2, 0.25) is 5.02 Å². The number of rotatable bonds is 5. The van der Waals surface area contributed by atoms with E-state index in [1.165, 1.54) is 30.5 Å². The first-order valence-electron chi connectivity index (χ1n) is 9.04. The third-order valence-corrected chi connectivity index (χ3v) is 5.06. The van der Waals surface area contributed by atoms with Crippen LogP contribution < -0.4 is 5.32 Å². The molecule has 0 unspecified atom stereocenters. The summed E-state index contributed by atoms with van der Waals surface area (Å²) in [4.78, 5) is 45.3. The van der Waals surface area contributed by atoms with E-state index in [2.05, 4.69) is 24.8 Å². The van der Waals surface area contributed by atoms with Gasteiger partial charge in [0, 0.05) is 29.2 Å². The number of methoxy groups -OCH3 is 2. The molecule has 2 heterocycles. The number of aromatic amines is 1. The van der Waals surface area contributed by atoms with Crippen LogP contribution in [-0.2, 0) is 25.5 Å². The van der Waals surface area contributed by atoms with Crippen molar-refractivity contribution in [2.75, 3.05) is 20.8 Å². The molecule has 0 bridgehead atoms. The first-order chi connectivity index (χ1) is 14.3. The van der Waals surface area contributed by atoms with Crippen molar-refractivity contribution in [3.63, 3.8) is 0 Å². The van der Waals surface area contributed by atoms with Gasteiger partial charge in [0.2, 0.25) is 0 Å². The van der Waals surface area contributed by atoms with Gasteiger partial charge in [-0.05, 0) is 12.1 Å². The summed E-state index contributed by atoms with van der Waals surface area (Å²) < 4.78 is 23.9. The molecule has 0 radical (unpaired) electrons. The second kappa shape index (κ2) is 9.12. The van der Waals surface area contributed by atoms with E-state index in [1.807, 2.05) is 0 Å². The molecule has 1 aliphatic rings. The topological polar surface area (TPSA) is 114 Å². The number of aromatic nitrogens is 2. The first kappa shape index (κ1) is 21.6. The number of hydrogen-bond donors (Lipinski definition) is 2. The van der Waals surface area contributed by atoms with Gasteiger partial charge in [0.25, 0.3) is 0 Å². The summed E-state index contributed by atoms with van der Waals surface area (Å²) in [6.45, 7) is 0.222. The number of H-pyrrole nitrogens is 1. The smallest absolute Gasteiger partial charge is 0.329 e. The van der Waals surface area contributed by atoms with E-state index < -0.39 is 42.3 Å². The summed E-state index contributed by atoms with van der Waals surface area (Å²) in [7, 11) is 2.31. The maximum absolute atomic E-state index is 14.7. The van der Waals surface area contributed by atoms with Gasteiger partial charge in [0.1, 0.15) is 17.9 Å². The van der Waals surface area contributed by atoms with Gasteiger partial charge >= 0.3 is 18.0 Å². The minimum atomic E-state index is -1.26. The van der Waals surface area contributed by atoms with Crippen LogP contribution in [-0.4, -0.2) is 59.6 Å². The van der Waals surface area contributed by atoms with Crippen LogP contribution in [0.5, 0.6) is 0 Å². The Bertz CT molecular complexity index is 966. The predicted octanol–water partition coefficient (Wildman–Crippen LogP) is 1.96. The van der Waals surface area contributed by atoms with Crippen molar-refractivity contribution >= 4 is 29.6 Å². The molecule has 2 amide bonds. The van der Waals surface area contributed by atoms with E-state index in [4.69, 9.17) is 11.6 Å². The van der Waals surface area contributed by atoms with Gasteiger partial charge in [0.05, 0.1) is 32.7 Å². The van der Waals surface area contributed by atoms with Crippen LogP contribution in [0.4, 0.5) is 9.18 Å². The predicted molar refractivity (Wildman–Crippen MR) is 103 cm³/mol. The number of ether oxygens (including phenoxy) is 2. The number of nitrogens with one attached hydrogen (secondary N) is 2. The van der Waals surface area contributed by atoms with Crippen molar-refractivity contribution in [2.24, 2.45) is 0 Å². The van der Waals surface area contributed by atoms with Gasteiger partial charge in [0.15, 0.2) is 0 Å². The van der Waals surface area contributed by atoms with E-state index in [0.29, 0.717) is 12.1 Å². The van der Waals surface area contributed by atoms with Gasteiger partial charge in [-0.15, -0.1) is 0 Å². The molecule has 0 saturated carbocycles. The maximum Gasteiger partial charge on any atom is 0.329 e. The van der Waals surface area contributed by atoms with Crippen molar-refractivity contribution in [3.8, 4) is 0 Å². The number of nitrogens with zero attached hydrogens (tertiary/aromatic N) is 2. The van der Waals surface area contributed by atoms with E-state index in [0.717, 1.165) is 18.9 Å². The second-order valence-electron chi connectivity index (χ2n) is 6.58. The lowest BCUT2D eigenvalue weighted by Crippen LogP contribution is -2.52. The molecule has 0 saturated heterocycles. The molecule has 9 nitrogen and oxygen atoms in total. The van der Waals surface area contributed by atoms with Crippen molar-refractivity contribution in [2.45, 2.75) is 24.9 Å². The number of halogens is 2. The zero-order valence-electron chi connectivity index (χ0n) is 16.3. The van der Waals surface area contributed by atoms with E-state index in [-0.39, 0.29) is 17.1 Å². The van der Waals surface area contributed by atoms with Gasteiger partial charge in [-0.3, -0.25) is 4.79 Å². The van der Waals surface area contributed by atoms with Crippen molar-refractivity contribution in [1.29, 1.82) is 0 Å². The molecule has 3 rings (SSSR count). The first-order valence-corrected chi connectivity index (χ1v) is 9.42. The Morgan fingerprint density at radius 2 is 2.13 bits per heavy atom. The van der Waals surface area contributed by atoms with Crippen LogP contribution in [0.15, 0.2) is 24.5 Å². The Labute approximate surface area is 176 Å². The summed E-state index contributed by atoms with van der Waals surface area (Å²) in [6, 6.07) is 1.37. The monoisotopic (exact) mass is 438 g/mol. The number of amides is 2. The Morgan fingerprint density at radius 3 is 2.80 bits per heavy atom. The molecule has 0 fully saturated rings. The number of imidazole rings is 1. The third-order valence-electron chi connectivity index (χ3n) is 4.82. The lowest BCUT2D eigenvalue weighted by atomic mass is 9.95. The standard InChI is InChI=1S/C19H20ClFN4O5/c1-29-15(26)8-14(18(27)30-2)24-19(28)25-6-5-13-16(23-9-22-13)17(25)11-4-3-10(20)7-12(11)21/h3-4,7,9,14,17H,5-6,8H2,1-2H3,(H,22,23)(H,24,28)/t14-,17-/m0/s1. The summed E-state index contributed by atoms with van der Waals surface area (Å²) >= 11 is 5.87. The van der Waals surface area contributed by atoms with E-state index in [9.17, 15) is 18.8 Å². The fourth-order valence-electron chi connectivity index (χ4n) is 3.35. The number of benzene rings is 1. The highest BCUT2D eigenvalue weighted by atomic mass is 35.5. The molecule has 1 aromatic carbocycles. The van der Waals surface area contributed by atoms with Crippen molar-refractivity contribution < 1.29 is 28.2 Å². The number of hydrogen-bond acceptors (Lipinski definition) is 6. The number of carbonyl (C=O) groups excluding carboxylic acids is 3. The van der Waals surface area contributed by atoms with Crippen LogP contribution in [0.25, 0.3) is 0 Å². The zero-order chi connectivity index (χ0) is 21.8. The molecule has 11 heteroatoms. The molecule has 1 aromatic heterocycles. The highest BCUT2D eigenvalue weighted by Crippen LogP contribution is 2.35. The van der Waals surface area contributed by atoms with Crippen molar-refractivity contribution in [3.05, 3.63) is 52.3 Å². The fourth-order valence-corrected chi connectivity index (χ4v) is 3.51. The second-order valence-corrected chi connectivity index (χ2v) is 7.02. The Kier molecular flexibility index (Phi) is 6.56. The van der Waals surface area contributed by atoms with Gasteiger partial charge < -0.3 is 24.7 Å². The maximum atomic E-state index is 14.7. The molecule has 30 heavy (non-hydrogen) atoms. The number of urea groups is 1. The highest BCUT2D eigenvalue weighted by molar-refractivity contribution is 6.30. The summed E-state index contributed by atoms with van der Waals surface area (Å²) in [5.41, 5.74) is 1.46. The van der Waals surface area contributed by atoms with Crippen LogP contribution in [0.1, 0.15) is 29.4 Å². The van der Waals surface area contributed by atoms with Crippen LogP contribution in [0, 0.1) is 5.82 Å². The largest absolute Gasteiger partial charge is 0.469 e. The Morgan fingerprint density at radius 1 is 1.37 bits per heavy atom. The minimum absolute atomic E-state index is 0.199.